The fraction of sp³-hybridized carbons (Fsp3) is 0.294. The lowest BCUT2D eigenvalue weighted by Gasteiger charge is -2.23. The smallest absolute Gasteiger partial charge is 0.251 e. The van der Waals surface area contributed by atoms with Gasteiger partial charge in [0.25, 0.3) is 5.91 Å². The summed E-state index contributed by atoms with van der Waals surface area (Å²) in [5.74, 6) is -0.140. The Morgan fingerprint density at radius 2 is 1.78 bits per heavy atom. The molecule has 0 aliphatic carbocycles. The fourth-order valence-electron chi connectivity index (χ4n) is 2.65. The van der Waals surface area contributed by atoms with Crippen LogP contribution in [0.25, 0.3) is 0 Å². The first kappa shape index (κ1) is 17.2. The van der Waals surface area contributed by atoms with Crippen LogP contribution in [0.5, 0.6) is 0 Å². The van der Waals surface area contributed by atoms with Gasteiger partial charge in [-0.25, -0.2) is 0 Å². The fourth-order valence-corrected chi connectivity index (χ4v) is 2.65. The highest BCUT2D eigenvalue weighted by atomic mass is 35.5. The van der Waals surface area contributed by atoms with Gasteiger partial charge in [0.2, 0.25) is 0 Å². The highest BCUT2D eigenvalue weighted by Crippen LogP contribution is 2.11. The number of hydrogen-bond acceptors (Lipinski definition) is 3. The van der Waals surface area contributed by atoms with Crippen molar-refractivity contribution in [3.63, 3.8) is 0 Å². The third-order valence-electron chi connectivity index (χ3n) is 3.90. The largest absolute Gasteiger partial charge is 0.367 e. The SMILES string of the molecule is Cl.O=C(NC1CCCNC1)c1ccc(C(=O)c2cc[nH]c2)cc1. The van der Waals surface area contributed by atoms with Crippen molar-refractivity contribution in [1.29, 1.82) is 0 Å². The summed E-state index contributed by atoms with van der Waals surface area (Å²) in [6.07, 6.45) is 5.46. The van der Waals surface area contributed by atoms with Gasteiger partial charge in [0.05, 0.1) is 0 Å². The van der Waals surface area contributed by atoms with Crippen LogP contribution in [0.2, 0.25) is 0 Å². The molecule has 0 radical (unpaired) electrons. The minimum absolute atomic E-state index is 0. The molecule has 1 aliphatic rings. The van der Waals surface area contributed by atoms with Gasteiger partial charge in [-0.05, 0) is 37.6 Å². The average molecular weight is 334 g/mol. The lowest BCUT2D eigenvalue weighted by Crippen LogP contribution is -2.45. The number of ketones is 1. The zero-order chi connectivity index (χ0) is 15.4. The summed E-state index contributed by atoms with van der Waals surface area (Å²) in [7, 11) is 0. The maximum atomic E-state index is 12.2. The van der Waals surface area contributed by atoms with Crippen molar-refractivity contribution in [2.75, 3.05) is 13.1 Å². The van der Waals surface area contributed by atoms with Gasteiger partial charge in [-0.15, -0.1) is 12.4 Å². The summed E-state index contributed by atoms with van der Waals surface area (Å²) in [4.78, 5) is 27.2. The van der Waals surface area contributed by atoms with E-state index in [1.165, 1.54) is 0 Å². The van der Waals surface area contributed by atoms with Crippen LogP contribution in [0.1, 0.15) is 39.1 Å². The van der Waals surface area contributed by atoms with Gasteiger partial charge in [-0.1, -0.05) is 12.1 Å². The summed E-state index contributed by atoms with van der Waals surface area (Å²) in [6.45, 7) is 1.83. The van der Waals surface area contributed by atoms with E-state index in [1.54, 1.807) is 42.7 Å². The molecular weight excluding hydrogens is 314 g/mol. The molecule has 0 saturated carbocycles. The van der Waals surface area contributed by atoms with E-state index < -0.39 is 0 Å². The Balaban J connectivity index is 0.00000192. The van der Waals surface area contributed by atoms with Crippen LogP contribution in [0.4, 0.5) is 0 Å². The molecule has 2 aromatic rings. The lowest BCUT2D eigenvalue weighted by molar-refractivity contribution is 0.0929. The second-order valence-corrected chi connectivity index (χ2v) is 5.52. The minimum atomic E-state index is -0.0886. The van der Waals surface area contributed by atoms with Crippen molar-refractivity contribution in [3.05, 3.63) is 59.4 Å². The predicted octanol–water partition coefficient (Wildman–Crippen LogP) is 2.15. The Labute approximate surface area is 141 Å². The zero-order valence-electron chi connectivity index (χ0n) is 12.7. The molecule has 1 aromatic carbocycles. The number of carbonyl (C=O) groups is 2. The van der Waals surface area contributed by atoms with Gasteiger partial charge in [0, 0.05) is 41.7 Å². The molecule has 1 unspecified atom stereocenters. The zero-order valence-corrected chi connectivity index (χ0v) is 13.5. The molecule has 0 bridgehead atoms. The average Bonchev–Trinajstić information content (AvgIpc) is 3.10. The molecule has 6 heteroatoms. The second kappa shape index (κ2) is 7.94. The number of amides is 1. The summed E-state index contributed by atoms with van der Waals surface area (Å²) >= 11 is 0. The Morgan fingerprint density at radius 3 is 2.39 bits per heavy atom. The molecule has 23 heavy (non-hydrogen) atoms. The summed E-state index contributed by atoms with van der Waals surface area (Å²) in [5, 5.41) is 6.29. The highest BCUT2D eigenvalue weighted by Gasteiger charge is 2.17. The second-order valence-electron chi connectivity index (χ2n) is 5.52. The van der Waals surface area contributed by atoms with Crippen LogP contribution >= 0.6 is 12.4 Å². The number of aromatic nitrogens is 1. The van der Waals surface area contributed by atoms with Gasteiger partial charge in [0.15, 0.2) is 5.78 Å². The van der Waals surface area contributed by atoms with E-state index in [1.807, 2.05) is 0 Å². The van der Waals surface area contributed by atoms with Crippen molar-refractivity contribution in [2.45, 2.75) is 18.9 Å². The predicted molar refractivity (Wildman–Crippen MR) is 91.3 cm³/mol. The molecule has 1 amide bonds. The van der Waals surface area contributed by atoms with Gasteiger partial charge in [-0.2, -0.15) is 0 Å². The van der Waals surface area contributed by atoms with Gasteiger partial charge in [-0.3, -0.25) is 9.59 Å². The number of rotatable bonds is 4. The van der Waals surface area contributed by atoms with E-state index in [0.29, 0.717) is 16.7 Å². The standard InChI is InChI=1S/C17H19N3O2.ClH/c21-16(14-7-9-19-10-14)12-3-5-13(6-4-12)17(22)20-15-2-1-8-18-11-15;/h3-7,9-10,15,18-19H,1-2,8,11H2,(H,20,22);1H. The molecule has 3 rings (SSSR count). The maximum Gasteiger partial charge on any atom is 0.251 e. The van der Waals surface area contributed by atoms with Gasteiger partial charge < -0.3 is 15.6 Å². The van der Waals surface area contributed by atoms with Crippen LogP contribution in [0, 0.1) is 0 Å². The number of piperidine rings is 1. The number of benzene rings is 1. The third kappa shape index (κ3) is 4.21. The molecule has 1 fully saturated rings. The molecular formula is C17H20ClN3O2. The van der Waals surface area contributed by atoms with Gasteiger partial charge in [0.1, 0.15) is 0 Å². The van der Waals surface area contributed by atoms with Crippen LogP contribution in [0.3, 0.4) is 0 Å². The Morgan fingerprint density at radius 1 is 1.04 bits per heavy atom. The van der Waals surface area contributed by atoms with Crippen LogP contribution in [-0.2, 0) is 0 Å². The van der Waals surface area contributed by atoms with Crippen LogP contribution < -0.4 is 10.6 Å². The summed E-state index contributed by atoms with van der Waals surface area (Å²) in [6, 6.07) is 8.71. The number of halogens is 1. The summed E-state index contributed by atoms with van der Waals surface area (Å²) < 4.78 is 0. The lowest BCUT2D eigenvalue weighted by atomic mass is 10.0. The quantitative estimate of drug-likeness (QED) is 0.751. The van der Waals surface area contributed by atoms with Gasteiger partial charge >= 0.3 is 0 Å². The molecule has 2 heterocycles. The van der Waals surface area contributed by atoms with E-state index in [-0.39, 0.29) is 30.1 Å². The van der Waals surface area contributed by atoms with E-state index in [4.69, 9.17) is 0 Å². The highest BCUT2D eigenvalue weighted by molar-refractivity contribution is 6.09. The first-order valence-corrected chi connectivity index (χ1v) is 7.53. The van der Waals surface area contributed by atoms with E-state index in [9.17, 15) is 9.59 Å². The molecule has 1 saturated heterocycles. The van der Waals surface area contributed by atoms with E-state index in [0.717, 1.165) is 25.9 Å². The molecule has 0 spiro atoms. The number of aromatic amines is 1. The van der Waals surface area contributed by atoms with Crippen molar-refractivity contribution in [1.82, 2.24) is 15.6 Å². The first-order chi connectivity index (χ1) is 10.7. The summed E-state index contributed by atoms with van der Waals surface area (Å²) in [5.41, 5.74) is 1.78. The van der Waals surface area contributed by atoms with Crippen molar-refractivity contribution >= 4 is 24.1 Å². The molecule has 1 aromatic heterocycles. The molecule has 122 valence electrons. The van der Waals surface area contributed by atoms with Crippen molar-refractivity contribution in [2.24, 2.45) is 0 Å². The number of hydrogen-bond donors (Lipinski definition) is 3. The molecule has 5 nitrogen and oxygen atoms in total. The normalized spacial score (nSPS) is 17.1. The third-order valence-corrected chi connectivity index (χ3v) is 3.90. The van der Waals surface area contributed by atoms with Crippen molar-refractivity contribution in [3.8, 4) is 0 Å². The number of carbonyl (C=O) groups excluding carboxylic acids is 2. The minimum Gasteiger partial charge on any atom is -0.367 e. The molecule has 3 N–H and O–H groups in total. The Bertz CT molecular complexity index is 647. The van der Waals surface area contributed by atoms with Crippen LogP contribution in [0.15, 0.2) is 42.7 Å². The van der Waals surface area contributed by atoms with Crippen molar-refractivity contribution < 1.29 is 9.59 Å². The number of nitrogens with one attached hydrogen (secondary N) is 3. The monoisotopic (exact) mass is 333 g/mol. The molecule has 1 aliphatic heterocycles. The Kier molecular flexibility index (Phi) is 5.96. The Hall–Kier alpha value is -2.11. The van der Waals surface area contributed by atoms with E-state index >= 15 is 0 Å². The first-order valence-electron chi connectivity index (χ1n) is 7.53. The molecule has 1 atom stereocenters. The topological polar surface area (TPSA) is 74.0 Å². The maximum absolute atomic E-state index is 12.2. The van der Waals surface area contributed by atoms with E-state index in [2.05, 4.69) is 15.6 Å². The van der Waals surface area contributed by atoms with Crippen LogP contribution in [-0.4, -0.2) is 35.8 Å². The number of H-pyrrole nitrogens is 1.